The van der Waals surface area contributed by atoms with E-state index in [9.17, 15) is 0 Å². The zero-order chi connectivity index (χ0) is 9.19. The third kappa shape index (κ3) is 2.83. The maximum absolute atomic E-state index is 5.91. The van der Waals surface area contributed by atoms with Crippen LogP contribution < -0.4 is 10.6 Å². The van der Waals surface area contributed by atoms with Crippen molar-refractivity contribution in [2.24, 2.45) is 5.73 Å². The van der Waals surface area contributed by atoms with Crippen molar-refractivity contribution >= 4 is 16.3 Å². The largest absolute Gasteiger partial charge is 0.365 e. The molecule has 0 aliphatic rings. The van der Waals surface area contributed by atoms with Crippen LogP contribution in [0.25, 0.3) is 0 Å². The Hall–Kier alpha value is -0.540. The second-order valence-corrected chi connectivity index (χ2v) is 4.72. The highest BCUT2D eigenvalue weighted by Crippen LogP contribution is 2.20. The molecule has 0 fully saturated rings. The van der Waals surface area contributed by atoms with Crippen molar-refractivity contribution in [3.8, 4) is 0 Å². The zero-order valence-corrected chi connectivity index (χ0v) is 8.69. The Morgan fingerprint density at radius 1 is 1.58 bits per heavy atom. The van der Waals surface area contributed by atoms with Gasteiger partial charge in [-0.05, 0) is 31.4 Å². The van der Waals surface area contributed by atoms with E-state index >= 15 is 0 Å². The van der Waals surface area contributed by atoms with Crippen molar-refractivity contribution in [2.75, 3.05) is 18.5 Å². The smallest absolute Gasteiger partial charge is 0.0906 e. The summed E-state index contributed by atoms with van der Waals surface area (Å²) in [7, 11) is 2.07. The number of thiophene rings is 1. The first-order valence-electron chi connectivity index (χ1n) is 4.02. The van der Waals surface area contributed by atoms with Crippen LogP contribution in [-0.4, -0.2) is 19.1 Å². The van der Waals surface area contributed by atoms with Crippen molar-refractivity contribution in [2.45, 2.75) is 19.4 Å². The SMILES string of the molecule is CN(CC(C)(C)N)c1cccs1. The van der Waals surface area contributed by atoms with Gasteiger partial charge in [0.25, 0.3) is 0 Å². The Morgan fingerprint density at radius 3 is 2.67 bits per heavy atom. The second-order valence-electron chi connectivity index (χ2n) is 3.80. The number of hydrogen-bond donors (Lipinski definition) is 1. The first kappa shape index (κ1) is 9.55. The fraction of sp³-hybridized carbons (Fsp3) is 0.556. The first-order valence-corrected chi connectivity index (χ1v) is 4.90. The van der Waals surface area contributed by atoms with E-state index in [1.807, 2.05) is 13.8 Å². The zero-order valence-electron chi connectivity index (χ0n) is 7.87. The number of hydrogen-bond acceptors (Lipinski definition) is 3. The summed E-state index contributed by atoms with van der Waals surface area (Å²) in [4.78, 5) is 2.19. The molecule has 0 spiro atoms. The summed E-state index contributed by atoms with van der Waals surface area (Å²) in [5.74, 6) is 0. The standard InChI is InChI=1S/C9H16N2S/c1-9(2,10)7-11(3)8-5-4-6-12-8/h4-6H,7,10H2,1-3H3. The quantitative estimate of drug-likeness (QED) is 0.777. The molecule has 3 heteroatoms. The Kier molecular flexibility index (Phi) is 2.75. The fourth-order valence-corrected chi connectivity index (χ4v) is 1.87. The number of rotatable bonds is 3. The highest BCUT2D eigenvalue weighted by molar-refractivity contribution is 7.14. The third-order valence-corrected chi connectivity index (χ3v) is 2.51. The van der Waals surface area contributed by atoms with Crippen LogP contribution in [0.15, 0.2) is 17.5 Å². The maximum Gasteiger partial charge on any atom is 0.0906 e. The van der Waals surface area contributed by atoms with Gasteiger partial charge < -0.3 is 10.6 Å². The minimum Gasteiger partial charge on any atom is -0.365 e. The van der Waals surface area contributed by atoms with Gasteiger partial charge in [-0.25, -0.2) is 0 Å². The molecule has 0 saturated heterocycles. The molecule has 0 aliphatic heterocycles. The first-order chi connectivity index (χ1) is 5.49. The lowest BCUT2D eigenvalue weighted by Gasteiger charge is -2.26. The Balaban J connectivity index is 2.56. The lowest BCUT2D eigenvalue weighted by molar-refractivity contribution is 0.520. The molecule has 0 bridgehead atoms. The van der Waals surface area contributed by atoms with Crippen LogP contribution in [0.3, 0.4) is 0 Å². The van der Waals surface area contributed by atoms with Gasteiger partial charge in [0.1, 0.15) is 0 Å². The Bertz CT molecular complexity index is 223. The highest BCUT2D eigenvalue weighted by atomic mass is 32.1. The van der Waals surface area contributed by atoms with Gasteiger partial charge in [-0.15, -0.1) is 11.3 Å². The monoisotopic (exact) mass is 184 g/mol. The van der Waals surface area contributed by atoms with Crippen molar-refractivity contribution < 1.29 is 0 Å². The molecule has 1 heterocycles. The molecule has 1 rings (SSSR count). The molecule has 68 valence electrons. The number of nitrogens with two attached hydrogens (primary N) is 1. The average molecular weight is 184 g/mol. The van der Waals surface area contributed by atoms with Gasteiger partial charge in [-0.1, -0.05) is 0 Å². The lowest BCUT2D eigenvalue weighted by atomic mass is 10.1. The van der Waals surface area contributed by atoms with Crippen LogP contribution in [0.4, 0.5) is 5.00 Å². The molecule has 0 aliphatic carbocycles. The van der Waals surface area contributed by atoms with E-state index in [1.165, 1.54) is 5.00 Å². The summed E-state index contributed by atoms with van der Waals surface area (Å²) < 4.78 is 0. The third-order valence-electron chi connectivity index (χ3n) is 1.53. The van der Waals surface area contributed by atoms with Gasteiger partial charge in [0, 0.05) is 19.1 Å². The molecule has 1 aromatic rings. The van der Waals surface area contributed by atoms with E-state index < -0.39 is 0 Å². The van der Waals surface area contributed by atoms with E-state index in [1.54, 1.807) is 11.3 Å². The van der Waals surface area contributed by atoms with Gasteiger partial charge >= 0.3 is 0 Å². The molecule has 0 unspecified atom stereocenters. The molecule has 0 radical (unpaired) electrons. The van der Waals surface area contributed by atoms with Crippen LogP contribution in [0, 0.1) is 0 Å². The number of anilines is 1. The average Bonchev–Trinajstić information content (AvgIpc) is 2.32. The Morgan fingerprint density at radius 2 is 2.25 bits per heavy atom. The van der Waals surface area contributed by atoms with Gasteiger partial charge in [0.15, 0.2) is 0 Å². The summed E-state index contributed by atoms with van der Waals surface area (Å²) in [5, 5.41) is 3.35. The van der Waals surface area contributed by atoms with Crippen molar-refractivity contribution in [3.63, 3.8) is 0 Å². The molecule has 12 heavy (non-hydrogen) atoms. The summed E-state index contributed by atoms with van der Waals surface area (Å²) in [6, 6.07) is 4.16. The van der Waals surface area contributed by atoms with Crippen LogP contribution in [0.5, 0.6) is 0 Å². The van der Waals surface area contributed by atoms with E-state index in [2.05, 4.69) is 29.5 Å². The van der Waals surface area contributed by atoms with Gasteiger partial charge in [0.2, 0.25) is 0 Å². The molecule has 0 atom stereocenters. The summed E-state index contributed by atoms with van der Waals surface area (Å²) >= 11 is 1.74. The van der Waals surface area contributed by atoms with Gasteiger partial charge in [-0.2, -0.15) is 0 Å². The Labute approximate surface area is 78.0 Å². The minimum atomic E-state index is -0.126. The van der Waals surface area contributed by atoms with Crippen LogP contribution in [0.1, 0.15) is 13.8 Å². The number of nitrogens with zero attached hydrogens (tertiary/aromatic N) is 1. The van der Waals surface area contributed by atoms with E-state index in [4.69, 9.17) is 5.73 Å². The second kappa shape index (κ2) is 3.46. The van der Waals surface area contributed by atoms with Crippen molar-refractivity contribution in [1.82, 2.24) is 0 Å². The molecule has 2 nitrogen and oxygen atoms in total. The highest BCUT2D eigenvalue weighted by Gasteiger charge is 2.14. The summed E-state index contributed by atoms with van der Waals surface area (Å²) in [6.45, 7) is 4.96. The normalized spacial score (nSPS) is 11.7. The molecular weight excluding hydrogens is 168 g/mol. The summed E-state index contributed by atoms with van der Waals surface area (Å²) in [5.41, 5.74) is 5.78. The van der Waals surface area contributed by atoms with Gasteiger partial charge in [-0.3, -0.25) is 0 Å². The molecule has 0 saturated carbocycles. The fourth-order valence-electron chi connectivity index (χ4n) is 1.18. The minimum absolute atomic E-state index is 0.126. The predicted octanol–water partition coefficient (Wildman–Crippen LogP) is 1.92. The van der Waals surface area contributed by atoms with Crippen LogP contribution >= 0.6 is 11.3 Å². The van der Waals surface area contributed by atoms with Crippen molar-refractivity contribution in [3.05, 3.63) is 17.5 Å². The van der Waals surface area contributed by atoms with E-state index in [-0.39, 0.29) is 5.54 Å². The van der Waals surface area contributed by atoms with Crippen molar-refractivity contribution in [1.29, 1.82) is 0 Å². The van der Waals surface area contributed by atoms with E-state index in [0.29, 0.717) is 0 Å². The molecule has 0 amide bonds. The summed E-state index contributed by atoms with van der Waals surface area (Å²) in [6.07, 6.45) is 0. The van der Waals surface area contributed by atoms with Crippen LogP contribution in [0.2, 0.25) is 0 Å². The lowest BCUT2D eigenvalue weighted by Crippen LogP contribution is -2.43. The molecule has 1 aromatic heterocycles. The molecule has 2 N–H and O–H groups in total. The predicted molar refractivity (Wildman–Crippen MR) is 55.9 cm³/mol. The van der Waals surface area contributed by atoms with E-state index in [0.717, 1.165) is 6.54 Å². The topological polar surface area (TPSA) is 29.3 Å². The number of likely N-dealkylation sites (N-methyl/N-ethyl adjacent to an activating group) is 1. The maximum atomic E-state index is 5.91. The molecule has 0 aromatic carbocycles. The van der Waals surface area contributed by atoms with Crippen LogP contribution in [-0.2, 0) is 0 Å². The molecular formula is C9H16N2S. The van der Waals surface area contributed by atoms with Gasteiger partial charge in [0.05, 0.1) is 5.00 Å².